The van der Waals surface area contributed by atoms with Crippen molar-refractivity contribution >= 4 is 23.9 Å². The first-order valence-corrected chi connectivity index (χ1v) is 10.7. The molecule has 180 valence electrons. The number of carboxylic acids is 1. The Labute approximate surface area is 186 Å². The molecular formula is C22H41N3O6. The van der Waals surface area contributed by atoms with Crippen molar-refractivity contribution in [3.63, 3.8) is 0 Å². The van der Waals surface area contributed by atoms with Crippen LogP contribution in [0.25, 0.3) is 0 Å². The molecule has 0 spiro atoms. The normalized spacial score (nSPS) is 14.6. The van der Waals surface area contributed by atoms with Gasteiger partial charge in [0.15, 0.2) is 0 Å². The van der Waals surface area contributed by atoms with Crippen LogP contribution in [-0.4, -0.2) is 76.6 Å². The summed E-state index contributed by atoms with van der Waals surface area (Å²) in [6.45, 7) is 14.3. The molecule has 0 unspecified atom stereocenters. The number of nitrogens with one attached hydrogen (secondary N) is 1. The lowest BCUT2D eigenvalue weighted by atomic mass is 9.98. The Kier molecular flexibility index (Phi) is 11.0. The third kappa shape index (κ3) is 10.0. The summed E-state index contributed by atoms with van der Waals surface area (Å²) in [5.74, 6) is -1.82. The second-order valence-corrected chi connectivity index (χ2v) is 9.90. The minimum Gasteiger partial charge on any atom is -0.480 e. The molecule has 0 aliphatic heterocycles. The summed E-state index contributed by atoms with van der Waals surface area (Å²) in [5, 5.41) is 12.1. The number of rotatable bonds is 10. The first kappa shape index (κ1) is 28.7. The first-order valence-electron chi connectivity index (χ1n) is 10.7. The van der Waals surface area contributed by atoms with E-state index >= 15 is 0 Å². The molecule has 0 aromatic heterocycles. The highest BCUT2D eigenvalue weighted by Gasteiger charge is 2.36. The highest BCUT2D eigenvalue weighted by molar-refractivity contribution is 5.92. The highest BCUT2D eigenvalue weighted by atomic mass is 16.6. The summed E-state index contributed by atoms with van der Waals surface area (Å²) in [7, 11) is 2.95. The average Bonchev–Trinajstić information content (AvgIpc) is 2.59. The highest BCUT2D eigenvalue weighted by Crippen LogP contribution is 2.18. The molecule has 0 saturated heterocycles. The minimum absolute atomic E-state index is 0.0808. The molecule has 0 rings (SSSR count). The quantitative estimate of drug-likeness (QED) is 0.536. The minimum atomic E-state index is -1.08. The Bertz CT molecular complexity index is 642. The molecule has 0 aliphatic rings. The summed E-state index contributed by atoms with van der Waals surface area (Å²) >= 11 is 0. The maximum atomic E-state index is 13.2. The van der Waals surface area contributed by atoms with Crippen molar-refractivity contribution in [1.82, 2.24) is 15.1 Å². The van der Waals surface area contributed by atoms with E-state index in [-0.39, 0.29) is 11.8 Å². The summed E-state index contributed by atoms with van der Waals surface area (Å²) in [5.41, 5.74) is -0.708. The topological polar surface area (TPSA) is 116 Å². The molecule has 2 N–H and O–H groups in total. The second-order valence-electron chi connectivity index (χ2n) is 9.90. The number of likely N-dealkylation sites (N-methyl/N-ethyl adjacent to an activating group) is 2. The van der Waals surface area contributed by atoms with Gasteiger partial charge < -0.3 is 25.0 Å². The Morgan fingerprint density at radius 3 is 1.65 bits per heavy atom. The van der Waals surface area contributed by atoms with Gasteiger partial charge in [-0.3, -0.25) is 9.59 Å². The van der Waals surface area contributed by atoms with Gasteiger partial charge >= 0.3 is 12.1 Å². The van der Waals surface area contributed by atoms with Crippen LogP contribution >= 0.6 is 0 Å². The SMILES string of the molecule is CC(C)C[C@@H](C(=O)N(C)[C@@H](CC(C)C)C(=O)O)N(C)C(=O)[C@@H](C)NC(=O)OC(C)(C)C. The van der Waals surface area contributed by atoms with Crippen LogP contribution in [0.15, 0.2) is 0 Å². The van der Waals surface area contributed by atoms with Crippen LogP contribution in [0.1, 0.15) is 68.2 Å². The summed E-state index contributed by atoms with van der Waals surface area (Å²) in [6, 6.07) is -2.75. The van der Waals surface area contributed by atoms with E-state index in [1.807, 2.05) is 27.7 Å². The number of hydrogen-bond acceptors (Lipinski definition) is 5. The predicted octanol–water partition coefficient (Wildman–Crippen LogP) is 2.73. The molecule has 0 bridgehead atoms. The van der Waals surface area contributed by atoms with Gasteiger partial charge in [0.25, 0.3) is 0 Å². The van der Waals surface area contributed by atoms with Gasteiger partial charge in [-0.25, -0.2) is 9.59 Å². The number of carbonyl (C=O) groups excluding carboxylic acids is 3. The van der Waals surface area contributed by atoms with Gasteiger partial charge in [-0.2, -0.15) is 0 Å². The number of amides is 3. The summed E-state index contributed by atoms with van der Waals surface area (Å²) < 4.78 is 5.18. The number of ether oxygens (including phenoxy) is 1. The maximum Gasteiger partial charge on any atom is 0.408 e. The molecule has 0 radical (unpaired) electrons. The van der Waals surface area contributed by atoms with Crippen LogP contribution in [0.2, 0.25) is 0 Å². The molecule has 0 saturated carbocycles. The largest absolute Gasteiger partial charge is 0.480 e. The zero-order valence-corrected chi connectivity index (χ0v) is 20.7. The third-order valence-electron chi connectivity index (χ3n) is 4.69. The molecule has 9 nitrogen and oxygen atoms in total. The lowest BCUT2D eigenvalue weighted by molar-refractivity contribution is -0.154. The van der Waals surface area contributed by atoms with Crippen LogP contribution in [0.4, 0.5) is 4.79 Å². The molecular weight excluding hydrogens is 402 g/mol. The molecule has 0 aromatic carbocycles. The Morgan fingerprint density at radius 1 is 0.839 bits per heavy atom. The van der Waals surface area contributed by atoms with Crippen molar-refractivity contribution in [3.05, 3.63) is 0 Å². The van der Waals surface area contributed by atoms with E-state index in [0.717, 1.165) is 0 Å². The Hall–Kier alpha value is -2.32. The van der Waals surface area contributed by atoms with Crippen molar-refractivity contribution < 1.29 is 29.0 Å². The van der Waals surface area contributed by atoms with Crippen LogP contribution in [0.5, 0.6) is 0 Å². The molecule has 3 atom stereocenters. The molecule has 0 aliphatic carbocycles. The number of alkyl carbamates (subject to hydrolysis) is 1. The van der Waals surface area contributed by atoms with Gasteiger partial charge in [0.2, 0.25) is 11.8 Å². The van der Waals surface area contributed by atoms with E-state index in [1.165, 1.54) is 30.8 Å². The lowest BCUT2D eigenvalue weighted by Crippen LogP contribution is -2.56. The summed E-state index contributed by atoms with van der Waals surface area (Å²) in [6.07, 6.45) is -0.0628. The number of nitrogens with zero attached hydrogens (tertiary/aromatic N) is 2. The summed E-state index contributed by atoms with van der Waals surface area (Å²) in [4.78, 5) is 52.4. The van der Waals surface area contributed by atoms with Crippen LogP contribution in [0.3, 0.4) is 0 Å². The second kappa shape index (κ2) is 11.9. The molecule has 0 aromatic rings. The van der Waals surface area contributed by atoms with Crippen LogP contribution < -0.4 is 5.32 Å². The van der Waals surface area contributed by atoms with Gasteiger partial charge in [-0.15, -0.1) is 0 Å². The van der Waals surface area contributed by atoms with Crippen molar-refractivity contribution in [3.8, 4) is 0 Å². The molecule has 9 heteroatoms. The van der Waals surface area contributed by atoms with E-state index in [1.54, 1.807) is 20.8 Å². The molecule has 0 heterocycles. The van der Waals surface area contributed by atoms with E-state index in [4.69, 9.17) is 4.74 Å². The van der Waals surface area contributed by atoms with Crippen molar-refractivity contribution in [2.45, 2.75) is 92.0 Å². The van der Waals surface area contributed by atoms with Crippen LogP contribution in [0, 0.1) is 11.8 Å². The van der Waals surface area contributed by atoms with Gasteiger partial charge in [0.05, 0.1) is 0 Å². The third-order valence-corrected chi connectivity index (χ3v) is 4.69. The van der Waals surface area contributed by atoms with Crippen molar-refractivity contribution in [1.29, 1.82) is 0 Å². The zero-order valence-electron chi connectivity index (χ0n) is 20.7. The fraction of sp³-hybridized carbons (Fsp3) is 0.818. The van der Waals surface area contributed by atoms with Crippen molar-refractivity contribution in [2.75, 3.05) is 14.1 Å². The van der Waals surface area contributed by atoms with Gasteiger partial charge in [0.1, 0.15) is 23.7 Å². The fourth-order valence-electron chi connectivity index (χ4n) is 3.14. The first-order chi connectivity index (χ1) is 14.0. The number of carboxylic acid groups (broad SMARTS) is 1. The fourth-order valence-corrected chi connectivity index (χ4v) is 3.14. The molecule has 31 heavy (non-hydrogen) atoms. The van der Waals surface area contributed by atoms with Crippen molar-refractivity contribution in [2.24, 2.45) is 11.8 Å². The monoisotopic (exact) mass is 443 g/mol. The number of aliphatic carboxylic acids is 1. The predicted molar refractivity (Wildman–Crippen MR) is 118 cm³/mol. The maximum absolute atomic E-state index is 13.2. The molecule has 0 fully saturated rings. The van der Waals surface area contributed by atoms with Gasteiger partial charge in [0, 0.05) is 14.1 Å². The van der Waals surface area contributed by atoms with Gasteiger partial charge in [-0.05, 0) is 52.4 Å². The van der Waals surface area contributed by atoms with E-state index in [2.05, 4.69) is 5.32 Å². The lowest BCUT2D eigenvalue weighted by Gasteiger charge is -2.35. The number of carbonyl (C=O) groups is 4. The Morgan fingerprint density at radius 2 is 1.26 bits per heavy atom. The zero-order chi connectivity index (χ0) is 24.7. The smallest absolute Gasteiger partial charge is 0.408 e. The standard InChI is InChI=1S/C22H41N3O6/c1-13(2)11-16(19(27)25(10)17(20(28)29)12-14(3)4)24(9)18(26)15(5)23-21(30)31-22(6,7)8/h13-17H,11-12H2,1-10H3,(H,23,30)(H,28,29)/t15-,16+,17+/m1/s1. The van der Waals surface area contributed by atoms with Gasteiger partial charge in [-0.1, -0.05) is 27.7 Å². The average molecular weight is 444 g/mol. The van der Waals surface area contributed by atoms with E-state index in [0.29, 0.717) is 12.8 Å². The van der Waals surface area contributed by atoms with E-state index in [9.17, 15) is 24.3 Å². The van der Waals surface area contributed by atoms with E-state index < -0.39 is 47.6 Å². The molecule has 3 amide bonds. The Balaban J connectivity index is 5.56. The number of hydrogen-bond donors (Lipinski definition) is 2. The van der Waals surface area contributed by atoms with Crippen LogP contribution in [-0.2, 0) is 19.1 Å².